The molecule has 1 atom stereocenters. The zero-order valence-corrected chi connectivity index (χ0v) is 11.4. The first-order valence-electron chi connectivity index (χ1n) is 6.53. The molecule has 3 rings (SSSR count). The Morgan fingerprint density at radius 1 is 1.33 bits per heavy atom. The average molecular weight is 282 g/mol. The maximum Gasteiger partial charge on any atom is 0.255 e. The van der Waals surface area contributed by atoms with E-state index in [9.17, 15) is 9.90 Å². The fourth-order valence-electron chi connectivity index (χ4n) is 2.10. The van der Waals surface area contributed by atoms with Gasteiger partial charge >= 0.3 is 0 Å². The van der Waals surface area contributed by atoms with Crippen LogP contribution in [0, 0.1) is 0 Å². The van der Waals surface area contributed by atoms with Crippen LogP contribution < -0.4 is 5.32 Å². The average Bonchev–Trinajstić information content (AvgIpc) is 2.91. The van der Waals surface area contributed by atoms with Crippen LogP contribution in [0.1, 0.15) is 29.1 Å². The van der Waals surface area contributed by atoms with Crippen molar-refractivity contribution < 1.29 is 9.90 Å². The minimum Gasteiger partial charge on any atom is -0.505 e. The minimum atomic E-state index is -0.372. The highest BCUT2D eigenvalue weighted by Crippen LogP contribution is 2.18. The van der Waals surface area contributed by atoms with E-state index in [0.717, 1.165) is 11.0 Å². The second-order valence-electron chi connectivity index (χ2n) is 4.73. The quantitative estimate of drug-likeness (QED) is 0.686. The van der Waals surface area contributed by atoms with Crippen LogP contribution in [0.15, 0.2) is 42.7 Å². The molecule has 1 unspecified atom stereocenters. The van der Waals surface area contributed by atoms with Gasteiger partial charge in [0.05, 0.1) is 28.8 Å². The van der Waals surface area contributed by atoms with Crippen molar-refractivity contribution in [3.05, 3.63) is 54.1 Å². The summed E-state index contributed by atoms with van der Waals surface area (Å²) in [5, 5.41) is 12.4. The van der Waals surface area contributed by atoms with Crippen molar-refractivity contribution >= 4 is 16.9 Å². The Kier molecular flexibility index (Phi) is 3.27. The normalized spacial score (nSPS) is 12.2. The summed E-state index contributed by atoms with van der Waals surface area (Å²) in [6.07, 6.45) is 2.70. The number of carbonyl (C=O) groups is 1. The Balaban J connectivity index is 1.81. The van der Waals surface area contributed by atoms with Crippen molar-refractivity contribution in [3.8, 4) is 5.75 Å². The number of imidazole rings is 1. The topological polar surface area (TPSA) is 90.9 Å². The van der Waals surface area contributed by atoms with E-state index >= 15 is 0 Å². The summed E-state index contributed by atoms with van der Waals surface area (Å²) in [5.74, 6) is 0.146. The summed E-state index contributed by atoms with van der Waals surface area (Å²) in [4.78, 5) is 23.5. The van der Waals surface area contributed by atoms with Crippen LogP contribution in [-0.4, -0.2) is 26.0 Å². The van der Waals surface area contributed by atoms with Crippen LogP contribution in [-0.2, 0) is 0 Å². The number of amides is 1. The molecule has 3 N–H and O–H groups in total. The highest BCUT2D eigenvalue weighted by Gasteiger charge is 2.16. The number of nitrogens with zero attached hydrogens (tertiary/aromatic N) is 2. The van der Waals surface area contributed by atoms with Crippen molar-refractivity contribution in [3.63, 3.8) is 0 Å². The van der Waals surface area contributed by atoms with Gasteiger partial charge in [0.1, 0.15) is 11.6 Å². The maximum absolute atomic E-state index is 12.1. The molecule has 1 amide bonds. The van der Waals surface area contributed by atoms with Gasteiger partial charge in [0, 0.05) is 6.20 Å². The first kappa shape index (κ1) is 13.1. The first-order chi connectivity index (χ1) is 10.1. The summed E-state index contributed by atoms with van der Waals surface area (Å²) in [6.45, 7) is 1.83. The Morgan fingerprint density at radius 2 is 2.14 bits per heavy atom. The van der Waals surface area contributed by atoms with E-state index in [1.54, 1.807) is 0 Å². The maximum atomic E-state index is 12.1. The highest BCUT2D eigenvalue weighted by atomic mass is 16.3. The molecule has 0 saturated carbocycles. The fraction of sp³-hybridized carbons (Fsp3) is 0.133. The van der Waals surface area contributed by atoms with Gasteiger partial charge in [-0.2, -0.15) is 0 Å². The van der Waals surface area contributed by atoms with Crippen LogP contribution in [0.2, 0.25) is 0 Å². The number of hydrogen-bond donors (Lipinski definition) is 3. The number of carbonyl (C=O) groups excluding carboxylic acids is 1. The molecule has 0 bridgehead atoms. The number of nitrogens with one attached hydrogen (secondary N) is 2. The lowest BCUT2D eigenvalue weighted by Gasteiger charge is -2.11. The van der Waals surface area contributed by atoms with E-state index in [0.29, 0.717) is 5.82 Å². The summed E-state index contributed by atoms with van der Waals surface area (Å²) in [5.41, 5.74) is 1.95. The third-order valence-electron chi connectivity index (χ3n) is 3.21. The number of hydrogen-bond acceptors (Lipinski definition) is 4. The van der Waals surface area contributed by atoms with Gasteiger partial charge in [-0.25, -0.2) is 4.98 Å². The number of aromatic nitrogens is 3. The molecule has 106 valence electrons. The number of H-pyrrole nitrogens is 1. The number of rotatable bonds is 3. The molecule has 0 fully saturated rings. The monoisotopic (exact) mass is 282 g/mol. The minimum absolute atomic E-state index is 0.146. The smallest absolute Gasteiger partial charge is 0.255 e. The van der Waals surface area contributed by atoms with Crippen molar-refractivity contribution in [2.24, 2.45) is 0 Å². The number of para-hydroxylation sites is 2. The Labute approximate surface area is 120 Å². The predicted molar refractivity (Wildman–Crippen MR) is 77.9 cm³/mol. The van der Waals surface area contributed by atoms with Gasteiger partial charge in [-0.15, -0.1) is 0 Å². The fourth-order valence-corrected chi connectivity index (χ4v) is 2.10. The summed E-state index contributed by atoms with van der Waals surface area (Å²) >= 11 is 0. The summed E-state index contributed by atoms with van der Waals surface area (Å²) in [7, 11) is 0. The van der Waals surface area contributed by atoms with Gasteiger partial charge in [-0.05, 0) is 25.1 Å². The molecule has 6 heteroatoms. The molecular formula is C15H14N4O2. The van der Waals surface area contributed by atoms with E-state index in [2.05, 4.69) is 20.3 Å². The van der Waals surface area contributed by atoms with E-state index in [-0.39, 0.29) is 23.3 Å². The Bertz CT molecular complexity index is 764. The number of aromatic hydroxyl groups is 1. The van der Waals surface area contributed by atoms with Crippen LogP contribution in [0.4, 0.5) is 0 Å². The van der Waals surface area contributed by atoms with E-state index in [1.807, 2.05) is 31.2 Å². The third-order valence-corrected chi connectivity index (χ3v) is 3.21. The van der Waals surface area contributed by atoms with Gasteiger partial charge in [-0.3, -0.25) is 9.78 Å². The lowest BCUT2D eigenvalue weighted by atomic mass is 10.2. The molecule has 0 aliphatic heterocycles. The molecular weight excluding hydrogens is 268 g/mol. The molecule has 2 aromatic heterocycles. The van der Waals surface area contributed by atoms with Crippen LogP contribution in [0.3, 0.4) is 0 Å². The summed E-state index contributed by atoms with van der Waals surface area (Å²) in [6, 6.07) is 8.81. The van der Waals surface area contributed by atoms with E-state index in [1.165, 1.54) is 18.5 Å². The first-order valence-corrected chi connectivity index (χ1v) is 6.53. The molecule has 21 heavy (non-hydrogen) atoms. The second-order valence-corrected chi connectivity index (χ2v) is 4.73. The lowest BCUT2D eigenvalue weighted by molar-refractivity contribution is 0.0935. The molecule has 0 radical (unpaired) electrons. The second kappa shape index (κ2) is 5.24. The zero-order chi connectivity index (χ0) is 14.8. The van der Waals surface area contributed by atoms with Crippen molar-refractivity contribution in [1.82, 2.24) is 20.3 Å². The van der Waals surface area contributed by atoms with Crippen molar-refractivity contribution in [1.29, 1.82) is 0 Å². The molecule has 0 aliphatic rings. The van der Waals surface area contributed by atoms with Gasteiger partial charge < -0.3 is 15.4 Å². The van der Waals surface area contributed by atoms with E-state index < -0.39 is 0 Å². The van der Waals surface area contributed by atoms with Crippen molar-refractivity contribution in [2.75, 3.05) is 0 Å². The predicted octanol–water partition coefficient (Wildman–Crippen LogP) is 2.15. The SMILES string of the molecule is CC(NC(=O)c1ccncc1O)c1nc2ccccc2[nH]1. The molecule has 0 aliphatic carbocycles. The standard InChI is InChI=1S/C15H14N4O2/c1-9(14-18-11-4-2-3-5-12(11)19-14)17-15(21)10-6-7-16-8-13(10)20/h2-9,20H,1H3,(H,17,21)(H,18,19). The molecule has 6 nitrogen and oxygen atoms in total. The van der Waals surface area contributed by atoms with Crippen LogP contribution in [0.25, 0.3) is 11.0 Å². The lowest BCUT2D eigenvalue weighted by Crippen LogP contribution is -2.27. The van der Waals surface area contributed by atoms with Gasteiger partial charge in [0.25, 0.3) is 5.91 Å². The summed E-state index contributed by atoms with van der Waals surface area (Å²) < 4.78 is 0. The largest absolute Gasteiger partial charge is 0.505 e. The van der Waals surface area contributed by atoms with E-state index in [4.69, 9.17) is 0 Å². The third kappa shape index (κ3) is 2.55. The van der Waals surface area contributed by atoms with Crippen LogP contribution >= 0.6 is 0 Å². The van der Waals surface area contributed by atoms with Crippen LogP contribution in [0.5, 0.6) is 5.75 Å². The zero-order valence-electron chi connectivity index (χ0n) is 11.4. The molecule has 0 saturated heterocycles. The molecule has 1 aromatic carbocycles. The number of benzene rings is 1. The molecule has 0 spiro atoms. The number of fused-ring (bicyclic) bond motifs is 1. The Hall–Kier alpha value is -2.89. The van der Waals surface area contributed by atoms with Gasteiger partial charge in [0.15, 0.2) is 0 Å². The molecule has 3 aromatic rings. The Morgan fingerprint density at radius 3 is 2.90 bits per heavy atom. The highest BCUT2D eigenvalue weighted by molar-refractivity contribution is 5.96. The van der Waals surface area contributed by atoms with Gasteiger partial charge in [-0.1, -0.05) is 12.1 Å². The van der Waals surface area contributed by atoms with Crippen molar-refractivity contribution in [2.45, 2.75) is 13.0 Å². The number of aromatic amines is 1. The molecule has 2 heterocycles. The number of pyridine rings is 1. The van der Waals surface area contributed by atoms with Gasteiger partial charge in [0.2, 0.25) is 0 Å².